The quantitative estimate of drug-likeness (QED) is 0.216. The molecular formula is C34H33FN2O7S. The van der Waals surface area contributed by atoms with Crippen LogP contribution in [0.4, 0.5) is 4.39 Å². The number of nitrogens with zero attached hydrogens (tertiary/aromatic N) is 2. The van der Waals surface area contributed by atoms with Gasteiger partial charge in [0.05, 0.1) is 43.2 Å². The van der Waals surface area contributed by atoms with Gasteiger partial charge in [0.2, 0.25) is 0 Å². The minimum absolute atomic E-state index is 0.155. The van der Waals surface area contributed by atoms with Crippen molar-refractivity contribution in [2.24, 2.45) is 4.99 Å². The maximum Gasteiger partial charge on any atom is 0.338 e. The van der Waals surface area contributed by atoms with E-state index in [0.717, 1.165) is 0 Å². The Balaban J connectivity index is 1.60. The van der Waals surface area contributed by atoms with Crippen LogP contribution in [0.25, 0.3) is 6.08 Å². The molecule has 234 valence electrons. The molecule has 1 aromatic heterocycles. The van der Waals surface area contributed by atoms with Crippen LogP contribution in [0, 0.1) is 5.82 Å². The molecule has 1 unspecified atom stereocenters. The number of methoxy groups -OCH3 is 2. The zero-order chi connectivity index (χ0) is 32.1. The first kappa shape index (κ1) is 31.5. The van der Waals surface area contributed by atoms with Crippen molar-refractivity contribution in [1.82, 2.24) is 4.57 Å². The molecular weight excluding hydrogens is 599 g/mol. The predicted molar refractivity (Wildman–Crippen MR) is 168 cm³/mol. The van der Waals surface area contributed by atoms with Crippen molar-refractivity contribution in [3.05, 3.63) is 114 Å². The molecule has 0 N–H and O–H groups in total. The molecule has 4 aromatic rings. The number of carbonyl (C=O) groups is 1. The summed E-state index contributed by atoms with van der Waals surface area (Å²) in [5.41, 5.74) is 2.28. The number of allylic oxidation sites excluding steroid dienone is 1. The fourth-order valence-corrected chi connectivity index (χ4v) is 6.17. The van der Waals surface area contributed by atoms with Crippen LogP contribution in [-0.2, 0) is 16.1 Å². The molecule has 0 saturated heterocycles. The highest BCUT2D eigenvalue weighted by molar-refractivity contribution is 7.07. The number of hydrogen-bond donors (Lipinski definition) is 0. The average Bonchev–Trinajstić information content (AvgIpc) is 3.33. The molecule has 0 radical (unpaired) electrons. The number of para-hydroxylation sites is 1. The molecule has 0 bridgehead atoms. The van der Waals surface area contributed by atoms with Crippen molar-refractivity contribution in [3.63, 3.8) is 0 Å². The maximum atomic E-state index is 14.1. The van der Waals surface area contributed by atoms with E-state index in [4.69, 9.17) is 23.7 Å². The van der Waals surface area contributed by atoms with Gasteiger partial charge in [-0.15, -0.1) is 0 Å². The first-order chi connectivity index (χ1) is 21.8. The highest BCUT2D eigenvalue weighted by Gasteiger charge is 2.36. The summed E-state index contributed by atoms with van der Waals surface area (Å²) in [5.74, 6) is 0.910. The summed E-state index contributed by atoms with van der Waals surface area (Å²) < 4.78 is 43.9. The second-order valence-corrected chi connectivity index (χ2v) is 11.0. The molecule has 3 aromatic carbocycles. The number of hydrogen-bond acceptors (Lipinski definition) is 9. The molecule has 5 rings (SSSR count). The molecule has 0 aliphatic carbocycles. The summed E-state index contributed by atoms with van der Waals surface area (Å²) in [5, 5.41) is 0. The minimum atomic E-state index is -0.868. The Morgan fingerprint density at radius 1 is 0.978 bits per heavy atom. The van der Waals surface area contributed by atoms with Gasteiger partial charge in [-0.05, 0) is 68.3 Å². The summed E-state index contributed by atoms with van der Waals surface area (Å²) in [6.07, 6.45) is 1.73. The molecule has 0 saturated carbocycles. The molecule has 2 heterocycles. The summed E-state index contributed by atoms with van der Waals surface area (Å²) in [6, 6.07) is 15.9. The minimum Gasteiger partial charge on any atom is -0.493 e. The normalized spacial score (nSPS) is 14.4. The van der Waals surface area contributed by atoms with Crippen molar-refractivity contribution in [3.8, 4) is 23.0 Å². The average molecular weight is 633 g/mol. The largest absolute Gasteiger partial charge is 0.493 e. The number of ether oxygens (including phenoxy) is 5. The Morgan fingerprint density at radius 2 is 1.76 bits per heavy atom. The van der Waals surface area contributed by atoms with Gasteiger partial charge < -0.3 is 23.7 Å². The summed E-state index contributed by atoms with van der Waals surface area (Å²) >= 11 is 1.20. The third kappa shape index (κ3) is 6.48. The first-order valence-corrected chi connectivity index (χ1v) is 15.2. The summed E-state index contributed by atoms with van der Waals surface area (Å²) in [6.45, 7) is 5.96. The van der Waals surface area contributed by atoms with Crippen molar-refractivity contribution in [2.75, 3.05) is 27.4 Å². The molecule has 9 nitrogen and oxygen atoms in total. The Morgan fingerprint density at radius 3 is 2.47 bits per heavy atom. The number of thiazole rings is 1. The highest BCUT2D eigenvalue weighted by Crippen LogP contribution is 2.40. The number of halogens is 1. The molecule has 0 amide bonds. The van der Waals surface area contributed by atoms with E-state index in [1.165, 1.54) is 42.3 Å². The van der Waals surface area contributed by atoms with E-state index in [2.05, 4.69) is 4.99 Å². The zero-order valence-electron chi connectivity index (χ0n) is 25.6. The van der Waals surface area contributed by atoms with Crippen molar-refractivity contribution < 1.29 is 32.9 Å². The van der Waals surface area contributed by atoms with Crippen LogP contribution in [0.1, 0.15) is 43.5 Å². The van der Waals surface area contributed by atoms with Crippen LogP contribution >= 0.6 is 11.3 Å². The summed E-state index contributed by atoms with van der Waals surface area (Å²) in [7, 11) is 3.05. The molecule has 1 aliphatic rings. The first-order valence-electron chi connectivity index (χ1n) is 14.3. The molecule has 1 aliphatic heterocycles. The van der Waals surface area contributed by atoms with Gasteiger partial charge in [-0.2, -0.15) is 0 Å². The lowest BCUT2D eigenvalue weighted by molar-refractivity contribution is -0.139. The topological polar surface area (TPSA) is 97.6 Å². The van der Waals surface area contributed by atoms with Gasteiger partial charge in [0, 0.05) is 5.56 Å². The number of rotatable bonds is 11. The lowest BCUT2D eigenvalue weighted by atomic mass is 9.94. The Bertz CT molecular complexity index is 1950. The van der Waals surface area contributed by atoms with Gasteiger partial charge in [0.25, 0.3) is 5.56 Å². The fourth-order valence-electron chi connectivity index (χ4n) is 5.13. The monoisotopic (exact) mass is 632 g/mol. The molecule has 0 spiro atoms. The predicted octanol–water partition coefficient (Wildman–Crippen LogP) is 4.93. The Hall–Kier alpha value is -4.90. The van der Waals surface area contributed by atoms with Gasteiger partial charge in [-0.25, -0.2) is 14.2 Å². The molecule has 11 heteroatoms. The van der Waals surface area contributed by atoms with Gasteiger partial charge in [0.1, 0.15) is 18.5 Å². The number of esters is 1. The van der Waals surface area contributed by atoms with Crippen LogP contribution in [0.3, 0.4) is 0 Å². The smallest absolute Gasteiger partial charge is 0.338 e. The van der Waals surface area contributed by atoms with Crippen molar-refractivity contribution in [2.45, 2.75) is 33.4 Å². The number of benzene rings is 3. The van der Waals surface area contributed by atoms with Crippen LogP contribution < -0.4 is 33.8 Å². The van der Waals surface area contributed by atoms with Crippen LogP contribution in [0.2, 0.25) is 0 Å². The van der Waals surface area contributed by atoms with E-state index in [1.807, 2.05) is 6.92 Å². The van der Waals surface area contributed by atoms with Crippen LogP contribution in [-0.4, -0.2) is 38.0 Å². The third-order valence-electron chi connectivity index (χ3n) is 7.10. The standard InChI is InChI=1S/C34H33FN2O7S/c1-6-42-31-24(12-9-13-26(31)40-4)30-29(33(39)43-7-2)20(3)36-34-37(30)32(38)28(45-34)18-21-14-15-25(27(17-21)41-5)44-19-22-10-8-11-23(35)16-22/h8-18,30H,6-7,19H2,1-5H3/b28-18+. The van der Waals surface area contributed by atoms with Gasteiger partial charge in [0.15, 0.2) is 27.8 Å². The Labute approximate surface area is 263 Å². The molecule has 0 fully saturated rings. The third-order valence-corrected chi connectivity index (χ3v) is 8.08. The van der Waals surface area contributed by atoms with Crippen LogP contribution in [0.15, 0.2) is 81.7 Å². The van der Waals surface area contributed by atoms with Crippen LogP contribution in [0.5, 0.6) is 23.0 Å². The summed E-state index contributed by atoms with van der Waals surface area (Å²) in [4.78, 5) is 32.5. The highest BCUT2D eigenvalue weighted by atomic mass is 32.1. The maximum absolute atomic E-state index is 14.1. The molecule has 45 heavy (non-hydrogen) atoms. The SMILES string of the molecule is CCOC(=O)C1=C(C)N=c2s/c(=C/c3ccc(OCc4cccc(F)c4)c(OC)c3)c(=O)n2C1c1cccc(OC)c1OCC. The van der Waals surface area contributed by atoms with E-state index < -0.39 is 12.0 Å². The van der Waals surface area contributed by atoms with Gasteiger partial charge in [-0.3, -0.25) is 9.36 Å². The number of aromatic nitrogens is 1. The van der Waals surface area contributed by atoms with Crippen molar-refractivity contribution >= 4 is 23.4 Å². The lowest BCUT2D eigenvalue weighted by Gasteiger charge is -2.26. The van der Waals surface area contributed by atoms with E-state index >= 15 is 0 Å². The van der Waals surface area contributed by atoms with Crippen molar-refractivity contribution in [1.29, 1.82) is 0 Å². The number of fused-ring (bicyclic) bond motifs is 1. The molecule has 1 atom stereocenters. The fraction of sp³-hybridized carbons (Fsp3) is 0.265. The van der Waals surface area contributed by atoms with E-state index in [-0.39, 0.29) is 30.2 Å². The lowest BCUT2D eigenvalue weighted by Crippen LogP contribution is -2.40. The zero-order valence-corrected chi connectivity index (χ0v) is 26.4. The van der Waals surface area contributed by atoms with Gasteiger partial charge >= 0.3 is 5.97 Å². The Kier molecular flexibility index (Phi) is 9.68. The van der Waals surface area contributed by atoms with E-state index in [1.54, 1.807) is 68.5 Å². The second kappa shape index (κ2) is 13.8. The van der Waals surface area contributed by atoms with E-state index in [0.29, 0.717) is 61.3 Å². The second-order valence-electron chi connectivity index (χ2n) is 9.94. The van der Waals surface area contributed by atoms with E-state index in [9.17, 15) is 14.0 Å². The van der Waals surface area contributed by atoms with Gasteiger partial charge in [-0.1, -0.05) is 41.7 Å². The number of carbonyl (C=O) groups excluding carboxylic acids is 1.